The van der Waals surface area contributed by atoms with E-state index in [1.165, 1.54) is 83.1 Å². The SMILES string of the molecule is CC(=O)SC[C@H]1O[C@@H](CCCOCC(CN=[N+]=[N-])(COCCC[C@@H]2O[C@H](CSC(C)=O)[C@@H](SC(C)=O)[C@@H](SC(C)=O)[C@@H]2SC(C)=O)COCCC[C@@H]2O[C@H](CSC(C)=O)[C@@H](SC(C)=O)[C@@H](SC(C)=O)[C@@H]2SC(C)=O)[C@H](SC(C)=O)[C@H](SC(C)=O)[C@@H]1SC(C)=O. The maximum absolute atomic E-state index is 12.8. The van der Waals surface area contributed by atoms with Crippen molar-refractivity contribution < 1.29 is 86.0 Å². The van der Waals surface area contributed by atoms with Crippen LogP contribution in [0, 0.1) is 5.41 Å². The minimum atomic E-state index is -1.11. The highest BCUT2D eigenvalue weighted by atomic mass is 32.2. The molecular weight excluding hydrogens is 1390 g/mol. The van der Waals surface area contributed by atoms with Crippen LogP contribution >= 0.6 is 141 Å². The number of hydrogen-bond acceptors (Lipinski definition) is 31. The summed E-state index contributed by atoms with van der Waals surface area (Å²) in [5, 5.41) is -3.04. The normalized spacial score (nSPS) is 27.0. The summed E-state index contributed by atoms with van der Waals surface area (Å²) in [4.78, 5) is 154. The Morgan fingerprint density at radius 1 is 0.348 bits per heavy atom. The summed E-state index contributed by atoms with van der Waals surface area (Å²) in [5.74, 6) is 0.669. The minimum Gasteiger partial charge on any atom is -0.381 e. The van der Waals surface area contributed by atoms with E-state index < -0.39 is 89.3 Å². The number of hydrogen-bond donors (Lipinski definition) is 0. The lowest BCUT2D eigenvalue weighted by molar-refractivity contribution is -0.110. The Morgan fingerprint density at radius 3 is 0.764 bits per heavy atom. The fraction of sp³-hybridized carbons (Fsp3) is 0.786. The molecule has 0 aromatic rings. The van der Waals surface area contributed by atoms with Gasteiger partial charge in [-0.2, -0.15) is 0 Å². The van der Waals surface area contributed by atoms with Crippen LogP contribution in [0.1, 0.15) is 122 Å². The van der Waals surface area contributed by atoms with Crippen molar-refractivity contribution >= 4 is 203 Å². The summed E-state index contributed by atoms with van der Waals surface area (Å²) in [7, 11) is 0. The molecule has 502 valence electrons. The quantitative estimate of drug-likeness (QED) is 0.0246. The molecule has 3 rings (SSSR count). The third kappa shape index (κ3) is 31.4. The number of thioether (sulfide) groups is 12. The highest BCUT2D eigenvalue weighted by Gasteiger charge is 2.51. The zero-order valence-corrected chi connectivity index (χ0v) is 61.9. The smallest absolute Gasteiger partial charge is 0.186 e. The fourth-order valence-corrected chi connectivity index (χ4v) is 24.0. The monoisotopic (exact) mass is 1470 g/mol. The molecule has 0 N–H and O–H groups in total. The molecule has 3 heterocycles. The first-order valence-electron chi connectivity index (χ1n) is 28.6. The van der Waals surface area contributed by atoms with Crippen molar-refractivity contribution in [1.29, 1.82) is 0 Å². The Balaban J connectivity index is 1.97. The molecule has 0 bridgehead atoms. The second-order valence-electron chi connectivity index (χ2n) is 21.2. The lowest BCUT2D eigenvalue weighted by atomic mass is 9.91. The van der Waals surface area contributed by atoms with E-state index in [9.17, 15) is 63.1 Å². The van der Waals surface area contributed by atoms with E-state index in [4.69, 9.17) is 28.4 Å². The third-order valence-corrected chi connectivity index (χ3v) is 27.8. The van der Waals surface area contributed by atoms with Gasteiger partial charge in [0.25, 0.3) is 0 Å². The maximum atomic E-state index is 12.8. The summed E-state index contributed by atoms with van der Waals surface area (Å²) in [6.07, 6.45) is -1.40. The first-order chi connectivity index (χ1) is 41.9. The van der Waals surface area contributed by atoms with Gasteiger partial charge in [-0.3, -0.25) is 57.5 Å². The van der Waals surface area contributed by atoms with Crippen LogP contribution in [-0.2, 0) is 86.0 Å². The minimum absolute atomic E-state index is 0.0450. The molecule has 21 nitrogen and oxygen atoms in total. The van der Waals surface area contributed by atoms with Crippen LogP contribution < -0.4 is 0 Å². The highest BCUT2D eigenvalue weighted by molar-refractivity contribution is 8.21. The van der Waals surface area contributed by atoms with E-state index in [-0.39, 0.29) is 125 Å². The van der Waals surface area contributed by atoms with Gasteiger partial charge in [-0.25, -0.2) is 0 Å². The molecule has 3 aliphatic heterocycles. The molecule has 89 heavy (non-hydrogen) atoms. The molecule has 0 unspecified atom stereocenters. The third-order valence-electron chi connectivity index (χ3n) is 13.3. The average Bonchev–Trinajstić information content (AvgIpc) is 1.95. The van der Waals surface area contributed by atoms with Gasteiger partial charge in [-0.05, 0) is 44.1 Å². The van der Waals surface area contributed by atoms with Crippen LogP contribution in [0.3, 0.4) is 0 Å². The van der Waals surface area contributed by atoms with Crippen molar-refractivity contribution in [3.05, 3.63) is 10.4 Å². The second-order valence-corrected chi connectivity index (χ2v) is 37.0. The highest BCUT2D eigenvalue weighted by Crippen LogP contribution is 2.48. The summed E-state index contributed by atoms with van der Waals surface area (Å²) in [6, 6.07) is 0. The van der Waals surface area contributed by atoms with Crippen LogP contribution in [0.2, 0.25) is 0 Å². The molecule has 0 saturated carbocycles. The molecule has 15 atom stereocenters. The summed E-state index contributed by atoms with van der Waals surface area (Å²) in [6.45, 7) is 17.2. The Morgan fingerprint density at radius 2 is 0.562 bits per heavy atom. The standard InChI is InChI=1S/C56H83N3O18S12/c1-29(60)78-22-44-50(84-35(7)66)53(87-38(10)69)47(81-32(4)63)41(75-44)16-13-19-72-26-56(25-58-59-57,27-73-20-14-17-42-48(82-33(5)64)54(88-39(11)70)51(85-36(8)67)45(76-42)23-79-30(2)61)28-74-21-15-18-43-49(83-34(6)65)55(89-40(12)71)52(86-37(9)68)46(77-43)24-80-31(3)62/h41-55H,13-28H2,1-12H3/t41-,42-,43-,44+,45+,46+,47-,48+,49+,50+,51+,52+,53-,54-,55-/m0/s1. The molecule has 3 fully saturated rings. The van der Waals surface area contributed by atoms with Gasteiger partial charge in [0.2, 0.25) is 0 Å². The average molecular weight is 1470 g/mol. The topological polar surface area (TPSA) is 309 Å². The first kappa shape index (κ1) is 82.5. The predicted octanol–water partition coefficient (Wildman–Crippen LogP) is 10.6. The molecule has 0 aromatic heterocycles. The Kier molecular flexibility index (Phi) is 40.3. The van der Waals surface area contributed by atoms with E-state index in [0.29, 0.717) is 38.5 Å². The fourth-order valence-electron chi connectivity index (χ4n) is 10.1. The van der Waals surface area contributed by atoms with Gasteiger partial charge in [0.1, 0.15) is 0 Å². The van der Waals surface area contributed by atoms with Crippen molar-refractivity contribution in [3.63, 3.8) is 0 Å². The number of ether oxygens (including phenoxy) is 6. The molecule has 0 aromatic carbocycles. The molecule has 0 aliphatic carbocycles. The van der Waals surface area contributed by atoms with Crippen molar-refractivity contribution in [2.24, 2.45) is 10.5 Å². The largest absolute Gasteiger partial charge is 0.381 e. The number of rotatable bonds is 35. The van der Waals surface area contributed by atoms with Crippen LogP contribution in [0.4, 0.5) is 0 Å². The lowest BCUT2D eigenvalue weighted by Gasteiger charge is -2.45. The molecule has 0 radical (unpaired) electrons. The van der Waals surface area contributed by atoms with Gasteiger partial charge in [0.15, 0.2) is 61.4 Å². The van der Waals surface area contributed by atoms with Crippen molar-refractivity contribution in [2.45, 2.75) is 205 Å². The van der Waals surface area contributed by atoms with Gasteiger partial charge in [-0.1, -0.05) is 146 Å². The molecule has 0 spiro atoms. The zero-order valence-electron chi connectivity index (χ0n) is 52.1. The van der Waals surface area contributed by atoms with Gasteiger partial charge in [0, 0.05) is 153 Å². The summed E-state index contributed by atoms with van der Waals surface area (Å²) in [5.41, 5.74) is 8.67. The van der Waals surface area contributed by atoms with E-state index in [2.05, 4.69) is 10.0 Å². The van der Waals surface area contributed by atoms with Crippen LogP contribution in [0.25, 0.3) is 10.4 Å². The second kappa shape index (κ2) is 43.5. The molecule has 0 amide bonds. The summed E-state index contributed by atoms with van der Waals surface area (Å²) >= 11 is 12.5. The molecule has 3 aliphatic rings. The van der Waals surface area contributed by atoms with Crippen molar-refractivity contribution in [1.82, 2.24) is 0 Å². The van der Waals surface area contributed by atoms with Crippen LogP contribution in [0.5, 0.6) is 0 Å². The van der Waals surface area contributed by atoms with Crippen molar-refractivity contribution in [2.75, 3.05) is 63.4 Å². The van der Waals surface area contributed by atoms with E-state index in [1.807, 2.05) is 0 Å². The maximum Gasteiger partial charge on any atom is 0.186 e. The number of nitrogens with zero attached hydrogens (tertiary/aromatic N) is 3. The van der Waals surface area contributed by atoms with Crippen LogP contribution in [0.15, 0.2) is 5.11 Å². The Labute approximate surface area is 573 Å². The first-order valence-corrected chi connectivity index (χ1v) is 39.5. The van der Waals surface area contributed by atoms with E-state index in [1.54, 1.807) is 0 Å². The Bertz CT molecular complexity index is 2250. The number of carbonyl (C=O) groups is 12. The lowest BCUT2D eigenvalue weighted by Crippen LogP contribution is -2.55. The van der Waals surface area contributed by atoms with Gasteiger partial charge in [0.05, 0.1) is 87.9 Å². The van der Waals surface area contributed by atoms with Crippen LogP contribution in [-0.4, -0.2) is 209 Å². The van der Waals surface area contributed by atoms with Gasteiger partial charge in [-0.15, -0.1) is 0 Å². The van der Waals surface area contributed by atoms with Crippen molar-refractivity contribution in [3.8, 4) is 0 Å². The molecule has 3 saturated heterocycles. The summed E-state index contributed by atoms with van der Waals surface area (Å²) < 4.78 is 39.3. The number of carbonyl (C=O) groups excluding carboxylic acids is 12. The van der Waals surface area contributed by atoms with E-state index >= 15 is 0 Å². The van der Waals surface area contributed by atoms with Gasteiger partial charge < -0.3 is 28.4 Å². The molecule has 33 heteroatoms. The Hall–Kier alpha value is -0.690. The zero-order chi connectivity index (χ0) is 66.5. The van der Waals surface area contributed by atoms with Gasteiger partial charge >= 0.3 is 0 Å². The molecular formula is C56H83N3O18S12. The number of azide groups is 1. The predicted molar refractivity (Wildman–Crippen MR) is 371 cm³/mol. The van der Waals surface area contributed by atoms with E-state index in [0.717, 1.165) is 141 Å².